The maximum Gasteiger partial charge on any atom is 0.0940 e. The highest BCUT2D eigenvalue weighted by Gasteiger charge is 2.20. The summed E-state index contributed by atoms with van der Waals surface area (Å²) in [5, 5.41) is 3.88. The molecule has 0 saturated carbocycles. The Balaban J connectivity index is 1.80. The van der Waals surface area contributed by atoms with Crippen LogP contribution in [0.2, 0.25) is 0 Å². The summed E-state index contributed by atoms with van der Waals surface area (Å²) in [7, 11) is 4.11. The number of para-hydroxylation sites is 1. The lowest BCUT2D eigenvalue weighted by Crippen LogP contribution is -2.16. The fourth-order valence-electron chi connectivity index (χ4n) is 4.39. The smallest absolute Gasteiger partial charge is 0.0940 e. The monoisotopic (exact) mass is 461 g/mol. The second kappa shape index (κ2) is 10.6. The van der Waals surface area contributed by atoms with Crippen LogP contribution in [0.3, 0.4) is 0 Å². The normalized spacial score (nSPS) is 11.8. The van der Waals surface area contributed by atoms with Gasteiger partial charge in [-0.2, -0.15) is 0 Å². The molecule has 0 fully saturated rings. The van der Waals surface area contributed by atoms with E-state index in [2.05, 4.69) is 143 Å². The van der Waals surface area contributed by atoms with Gasteiger partial charge in [0, 0.05) is 36.6 Å². The van der Waals surface area contributed by atoms with E-state index in [0.717, 1.165) is 33.8 Å². The van der Waals surface area contributed by atoms with E-state index in [1.165, 1.54) is 16.8 Å². The lowest BCUT2D eigenvalue weighted by atomic mass is 9.93. The van der Waals surface area contributed by atoms with E-state index in [1.54, 1.807) is 0 Å². The lowest BCUT2D eigenvalue weighted by Gasteiger charge is -2.26. The first-order valence-electron chi connectivity index (χ1n) is 12.2. The number of nitrogens with zero attached hydrogens (tertiary/aromatic N) is 2. The Morgan fingerprint density at radius 1 is 0.829 bits per heavy atom. The Bertz CT molecular complexity index is 1290. The van der Waals surface area contributed by atoms with Crippen LogP contribution in [-0.2, 0) is 0 Å². The van der Waals surface area contributed by atoms with Gasteiger partial charge < -0.3 is 10.2 Å². The van der Waals surface area contributed by atoms with Crippen LogP contribution in [-0.4, -0.2) is 19.1 Å². The van der Waals surface area contributed by atoms with E-state index in [0.29, 0.717) is 5.92 Å². The topological polar surface area (TPSA) is 28.2 Å². The molecule has 4 aromatic rings. The number of anilines is 2. The molecule has 35 heavy (non-hydrogen) atoms. The van der Waals surface area contributed by atoms with Crippen LogP contribution in [0.5, 0.6) is 0 Å². The van der Waals surface area contributed by atoms with Gasteiger partial charge in [0.05, 0.1) is 17.4 Å². The molecule has 178 valence electrons. The number of pyridine rings is 1. The molecule has 0 aliphatic heterocycles. The van der Waals surface area contributed by atoms with Crippen molar-refractivity contribution in [1.29, 1.82) is 0 Å². The molecule has 4 rings (SSSR count). The first-order valence-corrected chi connectivity index (χ1v) is 12.2. The second-order valence-electron chi connectivity index (χ2n) is 9.58. The number of nitrogens with one attached hydrogen (secondary N) is 1. The van der Waals surface area contributed by atoms with E-state index in [9.17, 15) is 0 Å². The highest BCUT2D eigenvalue weighted by Crippen LogP contribution is 2.36. The van der Waals surface area contributed by atoms with Gasteiger partial charge in [-0.25, -0.2) is 0 Å². The number of allylic oxidation sites excluding steroid dienone is 1. The molecule has 3 aromatic carbocycles. The van der Waals surface area contributed by atoms with Crippen molar-refractivity contribution in [3.63, 3.8) is 0 Å². The number of hydrogen-bond donors (Lipinski definition) is 1. The van der Waals surface area contributed by atoms with Crippen LogP contribution < -0.4 is 10.2 Å². The molecule has 1 atom stereocenters. The molecule has 3 nitrogen and oxygen atoms in total. The second-order valence-corrected chi connectivity index (χ2v) is 9.58. The summed E-state index contributed by atoms with van der Waals surface area (Å²) in [6.07, 6.45) is 0. The number of rotatable bonds is 8. The minimum Gasteiger partial charge on any atom is -0.378 e. The zero-order valence-electron chi connectivity index (χ0n) is 21.4. The SMILES string of the molecule is C=C(C)c1cccc(C(C)C)c1NC(c1ccccc1)c1cccc(-c2ccc(N(C)C)cc2)n1. The van der Waals surface area contributed by atoms with Crippen molar-refractivity contribution in [3.05, 3.63) is 120 Å². The summed E-state index contributed by atoms with van der Waals surface area (Å²) in [6, 6.07) is 31.8. The van der Waals surface area contributed by atoms with Crippen molar-refractivity contribution in [2.24, 2.45) is 0 Å². The standard InChI is InChI=1S/C32H35N3/c1-22(2)27-14-10-15-28(23(3)4)32(27)34-31(25-12-8-7-9-13-25)30-17-11-16-29(33-30)24-18-20-26(21-19-24)35(5)6/h7-21,23,31,34H,1H2,2-6H3. The molecule has 0 radical (unpaired) electrons. The Labute approximate surface area is 210 Å². The predicted molar refractivity (Wildman–Crippen MR) is 151 cm³/mol. The van der Waals surface area contributed by atoms with Crippen LogP contribution in [0.25, 0.3) is 16.8 Å². The van der Waals surface area contributed by atoms with Crippen molar-refractivity contribution in [1.82, 2.24) is 4.98 Å². The van der Waals surface area contributed by atoms with Gasteiger partial charge in [0.15, 0.2) is 0 Å². The Morgan fingerprint density at radius 2 is 1.51 bits per heavy atom. The molecule has 1 N–H and O–H groups in total. The largest absolute Gasteiger partial charge is 0.378 e. The third kappa shape index (κ3) is 5.46. The summed E-state index contributed by atoms with van der Waals surface area (Å²) in [6.45, 7) is 10.8. The van der Waals surface area contributed by atoms with Gasteiger partial charge in [-0.3, -0.25) is 4.98 Å². The van der Waals surface area contributed by atoms with Gasteiger partial charge in [0.1, 0.15) is 0 Å². The molecule has 1 unspecified atom stereocenters. The van der Waals surface area contributed by atoms with E-state index in [4.69, 9.17) is 4.98 Å². The Kier molecular flexibility index (Phi) is 7.36. The summed E-state index contributed by atoms with van der Waals surface area (Å²) in [4.78, 5) is 7.25. The van der Waals surface area contributed by atoms with Gasteiger partial charge in [-0.15, -0.1) is 0 Å². The number of aromatic nitrogens is 1. The number of benzene rings is 3. The maximum atomic E-state index is 5.14. The Morgan fingerprint density at radius 3 is 2.14 bits per heavy atom. The minimum absolute atomic E-state index is 0.102. The van der Waals surface area contributed by atoms with Crippen LogP contribution in [0.4, 0.5) is 11.4 Å². The highest BCUT2D eigenvalue weighted by atomic mass is 15.1. The summed E-state index contributed by atoms with van der Waals surface area (Å²) >= 11 is 0. The van der Waals surface area contributed by atoms with E-state index >= 15 is 0 Å². The van der Waals surface area contributed by atoms with Crippen LogP contribution in [0.15, 0.2) is 97.6 Å². The molecule has 0 amide bonds. The molecule has 0 bridgehead atoms. The first-order chi connectivity index (χ1) is 16.8. The molecular weight excluding hydrogens is 426 g/mol. The summed E-state index contributed by atoms with van der Waals surface area (Å²) in [5.74, 6) is 0.378. The predicted octanol–water partition coefficient (Wildman–Crippen LogP) is 8.17. The molecule has 3 heteroatoms. The average molecular weight is 462 g/mol. The van der Waals surface area contributed by atoms with Crippen molar-refractivity contribution >= 4 is 16.9 Å². The van der Waals surface area contributed by atoms with Gasteiger partial charge in [0.2, 0.25) is 0 Å². The lowest BCUT2D eigenvalue weighted by molar-refractivity contribution is 0.844. The van der Waals surface area contributed by atoms with E-state index < -0.39 is 0 Å². The molecular formula is C32H35N3. The zero-order valence-corrected chi connectivity index (χ0v) is 21.4. The van der Waals surface area contributed by atoms with Gasteiger partial charge in [-0.05, 0) is 53.8 Å². The average Bonchev–Trinajstić information content (AvgIpc) is 2.87. The minimum atomic E-state index is -0.102. The van der Waals surface area contributed by atoms with Gasteiger partial charge >= 0.3 is 0 Å². The molecule has 1 heterocycles. The van der Waals surface area contributed by atoms with Crippen molar-refractivity contribution in [3.8, 4) is 11.3 Å². The van der Waals surface area contributed by atoms with E-state index in [-0.39, 0.29) is 6.04 Å². The molecule has 0 saturated heterocycles. The fourth-order valence-corrected chi connectivity index (χ4v) is 4.39. The van der Waals surface area contributed by atoms with Crippen molar-refractivity contribution in [2.45, 2.75) is 32.7 Å². The quantitative estimate of drug-likeness (QED) is 0.287. The first kappa shape index (κ1) is 24.3. The zero-order chi connectivity index (χ0) is 24.9. The van der Waals surface area contributed by atoms with Gasteiger partial charge in [0.25, 0.3) is 0 Å². The van der Waals surface area contributed by atoms with Crippen LogP contribution in [0, 0.1) is 0 Å². The number of hydrogen-bond acceptors (Lipinski definition) is 3. The van der Waals surface area contributed by atoms with Crippen LogP contribution in [0.1, 0.15) is 55.1 Å². The van der Waals surface area contributed by atoms with Crippen LogP contribution >= 0.6 is 0 Å². The van der Waals surface area contributed by atoms with Gasteiger partial charge in [-0.1, -0.05) is 87.2 Å². The van der Waals surface area contributed by atoms with Crippen molar-refractivity contribution in [2.75, 3.05) is 24.3 Å². The summed E-state index contributed by atoms with van der Waals surface area (Å²) in [5.41, 5.74) is 10.0. The third-order valence-electron chi connectivity index (χ3n) is 6.35. The molecule has 0 aliphatic carbocycles. The highest BCUT2D eigenvalue weighted by molar-refractivity contribution is 5.77. The molecule has 0 aliphatic rings. The maximum absolute atomic E-state index is 5.14. The Hall–Kier alpha value is -3.85. The molecule has 0 spiro atoms. The van der Waals surface area contributed by atoms with Crippen molar-refractivity contribution < 1.29 is 0 Å². The van der Waals surface area contributed by atoms with E-state index in [1.807, 2.05) is 0 Å². The summed E-state index contributed by atoms with van der Waals surface area (Å²) < 4.78 is 0. The third-order valence-corrected chi connectivity index (χ3v) is 6.35. The molecule has 1 aromatic heterocycles. The fraction of sp³-hybridized carbons (Fsp3) is 0.219.